The molecule has 2 aliphatic heterocycles. The highest BCUT2D eigenvalue weighted by Gasteiger charge is 2.27. The summed E-state index contributed by atoms with van der Waals surface area (Å²) in [4.78, 5) is 23.9. The Morgan fingerprint density at radius 3 is 2.67 bits per heavy atom. The van der Waals surface area contributed by atoms with Crippen molar-refractivity contribution in [3.05, 3.63) is 35.8 Å². The van der Waals surface area contributed by atoms with Gasteiger partial charge < -0.3 is 19.1 Å². The lowest BCUT2D eigenvalue weighted by molar-refractivity contribution is 0.122. The molecule has 170 valence electrons. The van der Waals surface area contributed by atoms with E-state index in [9.17, 15) is 0 Å². The van der Waals surface area contributed by atoms with Crippen LogP contribution in [0.15, 0.2) is 24.5 Å². The average molecular weight is 446 g/mol. The van der Waals surface area contributed by atoms with Crippen molar-refractivity contribution >= 4 is 17.0 Å². The fraction of sp³-hybridized carbons (Fsp3) is 0.435. The van der Waals surface area contributed by atoms with E-state index < -0.39 is 0 Å². The maximum Gasteiger partial charge on any atom is 0.184 e. The Hall–Kier alpha value is -3.37. The normalized spacial score (nSPS) is 17.0. The minimum absolute atomic E-state index is 0.646. The minimum Gasteiger partial charge on any atom is -0.378 e. The van der Waals surface area contributed by atoms with Crippen molar-refractivity contribution in [3.8, 4) is 22.9 Å². The van der Waals surface area contributed by atoms with Gasteiger partial charge in [-0.15, -0.1) is 0 Å². The molecular weight excluding hydrogens is 418 g/mol. The van der Waals surface area contributed by atoms with Gasteiger partial charge in [0.1, 0.15) is 11.5 Å². The number of aromatic amines is 1. The summed E-state index contributed by atoms with van der Waals surface area (Å²) in [7, 11) is 2.14. The fourth-order valence-electron chi connectivity index (χ4n) is 4.72. The second-order valence-corrected chi connectivity index (χ2v) is 8.58. The highest BCUT2D eigenvalue weighted by atomic mass is 16.5. The summed E-state index contributed by atoms with van der Waals surface area (Å²) in [6.07, 6.45) is 4.54. The van der Waals surface area contributed by atoms with E-state index in [1.54, 1.807) is 12.4 Å². The molecule has 10 heteroatoms. The maximum absolute atomic E-state index is 5.60. The number of fused-ring (bicyclic) bond motifs is 2. The highest BCUT2D eigenvalue weighted by Crippen LogP contribution is 2.33. The molecule has 6 heterocycles. The summed E-state index contributed by atoms with van der Waals surface area (Å²) >= 11 is 0. The van der Waals surface area contributed by atoms with Crippen molar-refractivity contribution in [2.75, 3.05) is 44.8 Å². The molecule has 1 fully saturated rings. The average Bonchev–Trinajstić information content (AvgIpc) is 3.45. The Morgan fingerprint density at radius 1 is 1.06 bits per heavy atom. The van der Waals surface area contributed by atoms with Gasteiger partial charge in [0.05, 0.1) is 13.2 Å². The first-order valence-electron chi connectivity index (χ1n) is 11.5. The number of nitrogens with zero attached hydrogens (tertiary/aromatic N) is 8. The summed E-state index contributed by atoms with van der Waals surface area (Å²) in [5.74, 6) is 2.37. The zero-order chi connectivity index (χ0) is 22.4. The predicted octanol–water partition coefficient (Wildman–Crippen LogP) is 2.12. The maximum atomic E-state index is 5.60. The molecule has 0 radical (unpaired) electrons. The lowest BCUT2D eigenvalue weighted by atomic mass is 10.1. The van der Waals surface area contributed by atoms with Crippen LogP contribution in [0.5, 0.6) is 0 Å². The number of anilines is 1. The van der Waals surface area contributed by atoms with Crippen LogP contribution in [0.3, 0.4) is 0 Å². The van der Waals surface area contributed by atoms with E-state index in [0.717, 1.165) is 73.2 Å². The smallest absolute Gasteiger partial charge is 0.184 e. The molecule has 0 bridgehead atoms. The SMILES string of the molecule is CCn1c(-c2ccncc2)nc2c(N3CCOCC3)nc(-c3n[nH]c4c3CN(C)CC4)nc21. The Bertz CT molecular complexity index is 1290. The molecule has 0 spiro atoms. The van der Waals surface area contributed by atoms with Crippen LogP contribution in [0, 0.1) is 0 Å². The number of morpholine rings is 1. The quantitative estimate of drug-likeness (QED) is 0.510. The number of imidazole rings is 1. The number of H-pyrrole nitrogens is 1. The summed E-state index contributed by atoms with van der Waals surface area (Å²) in [6.45, 7) is 7.62. The van der Waals surface area contributed by atoms with Crippen LogP contribution in [0.1, 0.15) is 18.2 Å². The molecule has 1 saturated heterocycles. The van der Waals surface area contributed by atoms with Gasteiger partial charge in [-0.3, -0.25) is 10.1 Å². The molecule has 0 aliphatic carbocycles. The minimum atomic E-state index is 0.646. The number of hydrogen-bond acceptors (Lipinski definition) is 8. The largest absolute Gasteiger partial charge is 0.378 e. The lowest BCUT2D eigenvalue weighted by Crippen LogP contribution is -2.37. The molecular formula is C23H27N9O. The number of rotatable bonds is 4. The van der Waals surface area contributed by atoms with Crippen molar-refractivity contribution < 1.29 is 4.74 Å². The van der Waals surface area contributed by atoms with Crippen LogP contribution in [0.4, 0.5) is 5.82 Å². The van der Waals surface area contributed by atoms with Gasteiger partial charge in [-0.25, -0.2) is 15.0 Å². The first kappa shape index (κ1) is 20.3. The number of ether oxygens (including phenoxy) is 1. The topological polar surface area (TPSA) is 101 Å². The van der Waals surface area contributed by atoms with Crippen molar-refractivity contribution in [1.29, 1.82) is 0 Å². The number of pyridine rings is 1. The van der Waals surface area contributed by atoms with Gasteiger partial charge in [-0.2, -0.15) is 5.10 Å². The van der Waals surface area contributed by atoms with E-state index in [1.165, 1.54) is 11.3 Å². The zero-order valence-electron chi connectivity index (χ0n) is 19.0. The molecule has 6 rings (SSSR count). The number of hydrogen-bond donors (Lipinski definition) is 1. The summed E-state index contributed by atoms with van der Waals surface area (Å²) < 4.78 is 7.76. The van der Waals surface area contributed by atoms with Crippen LogP contribution >= 0.6 is 0 Å². The number of likely N-dealkylation sites (N-methyl/N-ethyl adjacent to an activating group) is 1. The molecule has 1 N–H and O–H groups in total. The number of nitrogens with one attached hydrogen (secondary N) is 1. The second-order valence-electron chi connectivity index (χ2n) is 8.58. The second kappa shape index (κ2) is 8.20. The Kier molecular flexibility index (Phi) is 5.03. The molecule has 0 unspecified atom stereocenters. The predicted molar refractivity (Wildman–Crippen MR) is 125 cm³/mol. The first-order chi connectivity index (χ1) is 16.2. The lowest BCUT2D eigenvalue weighted by Gasteiger charge is -2.28. The van der Waals surface area contributed by atoms with Gasteiger partial charge in [0.15, 0.2) is 22.8 Å². The number of aryl methyl sites for hydroxylation is 1. The molecule has 4 aromatic rings. The molecule has 33 heavy (non-hydrogen) atoms. The number of aromatic nitrogens is 7. The van der Waals surface area contributed by atoms with E-state index in [0.29, 0.717) is 19.0 Å². The van der Waals surface area contributed by atoms with Crippen LogP contribution < -0.4 is 4.90 Å². The Labute approximate surface area is 191 Å². The van der Waals surface area contributed by atoms with Crippen LogP contribution in [0.2, 0.25) is 0 Å². The van der Waals surface area contributed by atoms with E-state index in [4.69, 9.17) is 19.7 Å². The highest BCUT2D eigenvalue weighted by molar-refractivity contribution is 5.89. The molecule has 4 aromatic heterocycles. The van der Waals surface area contributed by atoms with Crippen molar-refractivity contribution in [3.63, 3.8) is 0 Å². The molecule has 0 saturated carbocycles. The van der Waals surface area contributed by atoms with Crippen LogP contribution in [-0.2, 0) is 24.2 Å². The monoisotopic (exact) mass is 445 g/mol. The standard InChI is InChI=1S/C23H27N9O/c1-3-32-21(15-4-7-24-8-5-15)25-19-22(31-10-12-33-13-11-31)26-20(27-23(19)32)18-16-14-30(2)9-6-17(16)28-29-18/h4-5,7-8H,3,6,9-14H2,1-2H3,(H,28,29). The molecule has 0 amide bonds. The zero-order valence-corrected chi connectivity index (χ0v) is 19.0. The van der Waals surface area contributed by atoms with Crippen molar-refractivity contribution in [1.82, 2.24) is 39.6 Å². The third-order valence-corrected chi connectivity index (χ3v) is 6.48. The third kappa shape index (κ3) is 3.46. The Morgan fingerprint density at radius 2 is 1.88 bits per heavy atom. The van der Waals surface area contributed by atoms with Gasteiger partial charge in [-0.1, -0.05) is 0 Å². The summed E-state index contributed by atoms with van der Waals surface area (Å²) in [5, 5.41) is 7.89. The van der Waals surface area contributed by atoms with E-state index in [1.807, 2.05) is 12.1 Å². The van der Waals surface area contributed by atoms with Gasteiger partial charge in [0.25, 0.3) is 0 Å². The van der Waals surface area contributed by atoms with Gasteiger partial charge in [0.2, 0.25) is 0 Å². The van der Waals surface area contributed by atoms with E-state index >= 15 is 0 Å². The van der Waals surface area contributed by atoms with E-state index in [2.05, 4.69) is 43.5 Å². The molecule has 10 nitrogen and oxygen atoms in total. The van der Waals surface area contributed by atoms with Gasteiger partial charge >= 0.3 is 0 Å². The van der Waals surface area contributed by atoms with E-state index in [-0.39, 0.29) is 0 Å². The van der Waals surface area contributed by atoms with Crippen LogP contribution in [0.25, 0.3) is 34.1 Å². The molecule has 0 atom stereocenters. The fourth-order valence-corrected chi connectivity index (χ4v) is 4.72. The third-order valence-electron chi connectivity index (χ3n) is 6.48. The van der Waals surface area contributed by atoms with Gasteiger partial charge in [-0.05, 0) is 26.1 Å². The summed E-state index contributed by atoms with van der Waals surface area (Å²) in [6, 6.07) is 3.96. The van der Waals surface area contributed by atoms with Crippen molar-refractivity contribution in [2.45, 2.75) is 26.4 Å². The van der Waals surface area contributed by atoms with Gasteiger partial charge in [0, 0.05) is 68.4 Å². The molecule has 2 aliphatic rings. The summed E-state index contributed by atoms with van der Waals surface area (Å²) in [5.41, 5.74) is 5.86. The van der Waals surface area contributed by atoms with Crippen molar-refractivity contribution in [2.24, 2.45) is 0 Å². The molecule has 0 aromatic carbocycles. The Balaban J connectivity index is 1.58. The van der Waals surface area contributed by atoms with Crippen LogP contribution in [-0.4, -0.2) is 79.5 Å². The first-order valence-corrected chi connectivity index (χ1v) is 11.5.